The molecular weight excluding hydrogens is 244 g/mol. The van der Waals surface area contributed by atoms with Crippen LogP contribution in [0.25, 0.3) is 0 Å². The van der Waals surface area contributed by atoms with E-state index in [1.165, 1.54) is 49.7 Å². The van der Waals surface area contributed by atoms with Gasteiger partial charge in [0.2, 0.25) is 0 Å². The van der Waals surface area contributed by atoms with Crippen molar-refractivity contribution in [3.05, 3.63) is 35.4 Å². The molecule has 1 saturated carbocycles. The van der Waals surface area contributed by atoms with Crippen LogP contribution in [0.4, 0.5) is 0 Å². The van der Waals surface area contributed by atoms with Crippen LogP contribution < -0.4 is 5.73 Å². The maximum absolute atomic E-state index is 6.21. The zero-order valence-corrected chi connectivity index (χ0v) is 13.2. The molecule has 0 heterocycles. The van der Waals surface area contributed by atoms with Gasteiger partial charge in [0.05, 0.1) is 0 Å². The standard InChI is InChI=1S/C18H30N2/c1-3-12-20(14-17-9-7-8-16(2)13-17)18(15-19)10-5-4-6-11-18/h7-9,13H,3-6,10-12,14-15,19H2,1-2H3. The molecule has 0 atom stereocenters. The van der Waals surface area contributed by atoms with Gasteiger partial charge in [-0.05, 0) is 38.3 Å². The number of nitrogens with two attached hydrogens (primary N) is 1. The van der Waals surface area contributed by atoms with Gasteiger partial charge in [-0.15, -0.1) is 0 Å². The molecule has 2 heteroatoms. The average molecular weight is 274 g/mol. The monoisotopic (exact) mass is 274 g/mol. The predicted molar refractivity (Wildman–Crippen MR) is 86.8 cm³/mol. The van der Waals surface area contributed by atoms with Crippen molar-refractivity contribution in [1.82, 2.24) is 4.90 Å². The maximum Gasteiger partial charge on any atom is 0.0335 e. The Labute approximate surface area is 124 Å². The molecule has 0 radical (unpaired) electrons. The lowest BCUT2D eigenvalue weighted by Gasteiger charge is -2.46. The first-order valence-electron chi connectivity index (χ1n) is 8.21. The largest absolute Gasteiger partial charge is 0.329 e. The van der Waals surface area contributed by atoms with E-state index in [-0.39, 0.29) is 5.54 Å². The third-order valence-corrected chi connectivity index (χ3v) is 4.78. The van der Waals surface area contributed by atoms with Crippen molar-refractivity contribution in [3.63, 3.8) is 0 Å². The summed E-state index contributed by atoms with van der Waals surface area (Å²) in [7, 11) is 0. The van der Waals surface area contributed by atoms with Gasteiger partial charge < -0.3 is 5.73 Å². The van der Waals surface area contributed by atoms with Crippen molar-refractivity contribution in [1.29, 1.82) is 0 Å². The minimum absolute atomic E-state index is 0.248. The van der Waals surface area contributed by atoms with E-state index in [1.807, 2.05) is 0 Å². The quantitative estimate of drug-likeness (QED) is 0.853. The van der Waals surface area contributed by atoms with Crippen LogP contribution in [0.1, 0.15) is 56.6 Å². The SMILES string of the molecule is CCCN(Cc1cccc(C)c1)C1(CN)CCCCC1. The Kier molecular flexibility index (Phi) is 5.62. The molecule has 0 amide bonds. The van der Waals surface area contributed by atoms with E-state index in [2.05, 4.69) is 43.0 Å². The molecule has 2 nitrogen and oxygen atoms in total. The molecular formula is C18H30N2. The Morgan fingerprint density at radius 2 is 1.95 bits per heavy atom. The van der Waals surface area contributed by atoms with Gasteiger partial charge in [-0.3, -0.25) is 4.90 Å². The van der Waals surface area contributed by atoms with Crippen LogP contribution in [-0.2, 0) is 6.54 Å². The second-order valence-electron chi connectivity index (χ2n) is 6.40. The van der Waals surface area contributed by atoms with Crippen LogP contribution >= 0.6 is 0 Å². The topological polar surface area (TPSA) is 29.3 Å². The molecule has 0 aliphatic heterocycles. The van der Waals surface area contributed by atoms with E-state index >= 15 is 0 Å². The summed E-state index contributed by atoms with van der Waals surface area (Å²) in [5.41, 5.74) is 9.24. The number of nitrogens with zero attached hydrogens (tertiary/aromatic N) is 1. The molecule has 112 valence electrons. The van der Waals surface area contributed by atoms with Crippen molar-refractivity contribution < 1.29 is 0 Å². The number of aryl methyl sites for hydroxylation is 1. The highest BCUT2D eigenvalue weighted by Crippen LogP contribution is 2.34. The molecule has 0 unspecified atom stereocenters. The summed E-state index contributed by atoms with van der Waals surface area (Å²) in [6.45, 7) is 7.46. The summed E-state index contributed by atoms with van der Waals surface area (Å²) in [5.74, 6) is 0. The Bertz CT molecular complexity index is 408. The first-order chi connectivity index (χ1) is 9.70. The van der Waals surface area contributed by atoms with Crippen molar-refractivity contribution in [2.45, 2.75) is 64.5 Å². The number of rotatable bonds is 6. The van der Waals surface area contributed by atoms with Crippen LogP contribution in [0.3, 0.4) is 0 Å². The van der Waals surface area contributed by atoms with E-state index in [4.69, 9.17) is 5.73 Å². The third-order valence-electron chi connectivity index (χ3n) is 4.78. The number of hydrogen-bond donors (Lipinski definition) is 1. The zero-order chi connectivity index (χ0) is 14.4. The molecule has 1 aliphatic rings. The Morgan fingerprint density at radius 1 is 1.20 bits per heavy atom. The second-order valence-corrected chi connectivity index (χ2v) is 6.40. The Hall–Kier alpha value is -0.860. The maximum atomic E-state index is 6.21. The summed E-state index contributed by atoms with van der Waals surface area (Å²) in [6.07, 6.45) is 7.81. The molecule has 1 aromatic rings. The predicted octanol–water partition coefficient (Wildman–Crippen LogP) is 3.87. The minimum Gasteiger partial charge on any atom is -0.329 e. The average Bonchev–Trinajstić information content (AvgIpc) is 2.47. The minimum atomic E-state index is 0.248. The zero-order valence-electron chi connectivity index (χ0n) is 13.2. The lowest BCUT2D eigenvalue weighted by molar-refractivity contribution is 0.0495. The van der Waals surface area contributed by atoms with E-state index in [9.17, 15) is 0 Å². The highest BCUT2D eigenvalue weighted by atomic mass is 15.2. The molecule has 0 spiro atoms. The molecule has 2 rings (SSSR count). The fourth-order valence-electron chi connectivity index (χ4n) is 3.64. The number of hydrogen-bond acceptors (Lipinski definition) is 2. The normalized spacial score (nSPS) is 18.4. The van der Waals surface area contributed by atoms with E-state index in [1.54, 1.807) is 0 Å². The van der Waals surface area contributed by atoms with Crippen LogP contribution in [0, 0.1) is 6.92 Å². The van der Waals surface area contributed by atoms with E-state index in [0.29, 0.717) is 0 Å². The Balaban J connectivity index is 2.16. The molecule has 1 fully saturated rings. The molecule has 2 N–H and O–H groups in total. The van der Waals surface area contributed by atoms with Gasteiger partial charge >= 0.3 is 0 Å². The first-order valence-corrected chi connectivity index (χ1v) is 8.21. The smallest absolute Gasteiger partial charge is 0.0335 e. The summed E-state index contributed by atoms with van der Waals surface area (Å²) in [5, 5.41) is 0. The van der Waals surface area contributed by atoms with Gasteiger partial charge in [-0.25, -0.2) is 0 Å². The third kappa shape index (κ3) is 3.62. The van der Waals surface area contributed by atoms with Crippen molar-refractivity contribution >= 4 is 0 Å². The van der Waals surface area contributed by atoms with Crippen LogP contribution in [0.15, 0.2) is 24.3 Å². The van der Waals surface area contributed by atoms with Gasteiger partial charge in [-0.1, -0.05) is 56.0 Å². The van der Waals surface area contributed by atoms with E-state index < -0.39 is 0 Å². The molecule has 0 saturated heterocycles. The van der Waals surface area contributed by atoms with E-state index in [0.717, 1.165) is 19.6 Å². The van der Waals surface area contributed by atoms with Crippen molar-refractivity contribution in [2.24, 2.45) is 5.73 Å². The van der Waals surface area contributed by atoms with Gasteiger partial charge in [0, 0.05) is 18.6 Å². The lowest BCUT2D eigenvalue weighted by atomic mass is 9.80. The summed E-state index contributed by atoms with van der Waals surface area (Å²) >= 11 is 0. The van der Waals surface area contributed by atoms with Gasteiger partial charge in [0.15, 0.2) is 0 Å². The van der Waals surface area contributed by atoms with Gasteiger partial charge in [0.1, 0.15) is 0 Å². The van der Waals surface area contributed by atoms with Crippen LogP contribution in [0.2, 0.25) is 0 Å². The highest BCUT2D eigenvalue weighted by Gasteiger charge is 2.36. The lowest BCUT2D eigenvalue weighted by Crippen LogP contribution is -2.54. The van der Waals surface area contributed by atoms with Crippen LogP contribution in [-0.4, -0.2) is 23.5 Å². The molecule has 1 aromatic carbocycles. The Morgan fingerprint density at radius 3 is 2.55 bits per heavy atom. The molecule has 20 heavy (non-hydrogen) atoms. The van der Waals surface area contributed by atoms with Crippen molar-refractivity contribution in [3.8, 4) is 0 Å². The highest BCUT2D eigenvalue weighted by molar-refractivity contribution is 5.22. The summed E-state index contributed by atoms with van der Waals surface area (Å²) in [4.78, 5) is 2.67. The molecule has 1 aliphatic carbocycles. The van der Waals surface area contributed by atoms with Crippen molar-refractivity contribution in [2.75, 3.05) is 13.1 Å². The fourth-order valence-corrected chi connectivity index (χ4v) is 3.64. The molecule has 0 aromatic heterocycles. The fraction of sp³-hybridized carbons (Fsp3) is 0.667. The summed E-state index contributed by atoms with van der Waals surface area (Å²) in [6, 6.07) is 8.91. The first kappa shape index (κ1) is 15.5. The number of benzene rings is 1. The van der Waals surface area contributed by atoms with Gasteiger partial charge in [0.25, 0.3) is 0 Å². The van der Waals surface area contributed by atoms with Crippen LogP contribution in [0.5, 0.6) is 0 Å². The molecule has 0 bridgehead atoms. The summed E-state index contributed by atoms with van der Waals surface area (Å²) < 4.78 is 0. The second kappa shape index (κ2) is 7.24. The van der Waals surface area contributed by atoms with Gasteiger partial charge in [-0.2, -0.15) is 0 Å².